The van der Waals surface area contributed by atoms with Crippen molar-refractivity contribution in [2.45, 2.75) is 0 Å². The first kappa shape index (κ1) is 15.4. The van der Waals surface area contributed by atoms with Crippen LogP contribution < -0.4 is 9.47 Å². The summed E-state index contributed by atoms with van der Waals surface area (Å²) in [6.07, 6.45) is 1.05. The molecule has 0 aromatic heterocycles. The van der Waals surface area contributed by atoms with E-state index in [4.69, 9.17) is 9.47 Å². The van der Waals surface area contributed by atoms with Crippen LogP contribution in [-0.2, 0) is 0 Å². The van der Waals surface area contributed by atoms with Crippen molar-refractivity contribution in [3.8, 4) is 17.2 Å². The third-order valence-electron chi connectivity index (χ3n) is 3.12. The van der Waals surface area contributed by atoms with Crippen molar-refractivity contribution in [3.05, 3.63) is 59.7 Å². The predicted molar refractivity (Wildman–Crippen MR) is 82.6 cm³/mol. The molecule has 0 spiro atoms. The van der Waals surface area contributed by atoms with Gasteiger partial charge in [0, 0.05) is 11.6 Å². The van der Waals surface area contributed by atoms with E-state index in [0.29, 0.717) is 17.1 Å². The monoisotopic (exact) mass is 300 g/mol. The number of methoxy groups -OCH3 is 2. The van der Waals surface area contributed by atoms with Crippen molar-refractivity contribution in [1.82, 2.24) is 0 Å². The average Bonchev–Trinajstić information content (AvgIpc) is 2.54. The molecule has 2 N–H and O–H groups in total. The topological polar surface area (TPSA) is 76.0 Å². The molecular formula is C17H16O5. The van der Waals surface area contributed by atoms with Gasteiger partial charge in [0.05, 0.1) is 19.8 Å². The van der Waals surface area contributed by atoms with E-state index >= 15 is 0 Å². The highest BCUT2D eigenvalue weighted by atomic mass is 16.5. The molecule has 2 rings (SSSR count). The summed E-state index contributed by atoms with van der Waals surface area (Å²) in [5.74, 6) is 0.101. The van der Waals surface area contributed by atoms with E-state index in [1.165, 1.54) is 26.4 Å². The maximum absolute atomic E-state index is 12.1. The van der Waals surface area contributed by atoms with Crippen molar-refractivity contribution in [3.63, 3.8) is 0 Å². The Hall–Kier alpha value is -2.95. The normalized spacial score (nSPS) is 11.1. The van der Waals surface area contributed by atoms with Crippen LogP contribution in [-0.4, -0.2) is 30.2 Å². The van der Waals surface area contributed by atoms with Gasteiger partial charge in [-0.2, -0.15) is 0 Å². The van der Waals surface area contributed by atoms with Gasteiger partial charge in [-0.3, -0.25) is 4.79 Å². The highest BCUT2D eigenvalue weighted by Crippen LogP contribution is 2.30. The Kier molecular flexibility index (Phi) is 4.68. The van der Waals surface area contributed by atoms with Gasteiger partial charge in [0.15, 0.2) is 17.3 Å². The number of carbonyl (C=O) groups is 1. The smallest absolute Gasteiger partial charge is 0.193 e. The average molecular weight is 300 g/mol. The molecule has 0 fully saturated rings. The summed E-state index contributed by atoms with van der Waals surface area (Å²) in [7, 11) is 2.99. The lowest BCUT2D eigenvalue weighted by molar-refractivity contribution is 0.104. The molecule has 0 unspecified atom stereocenters. The fourth-order valence-electron chi connectivity index (χ4n) is 1.96. The zero-order valence-electron chi connectivity index (χ0n) is 12.2. The summed E-state index contributed by atoms with van der Waals surface area (Å²) in [6, 6.07) is 10.9. The number of hydrogen-bond donors (Lipinski definition) is 2. The Balaban J connectivity index is 2.33. The lowest BCUT2D eigenvalue weighted by atomic mass is 10.1. The van der Waals surface area contributed by atoms with E-state index in [0.717, 1.165) is 6.08 Å². The molecule has 0 saturated heterocycles. The molecular weight excluding hydrogens is 284 g/mol. The fraction of sp³-hybridized carbons (Fsp3) is 0.118. The van der Waals surface area contributed by atoms with Crippen molar-refractivity contribution in [2.75, 3.05) is 14.2 Å². The van der Waals surface area contributed by atoms with Gasteiger partial charge >= 0.3 is 0 Å². The molecule has 0 saturated carbocycles. The zero-order chi connectivity index (χ0) is 16.1. The van der Waals surface area contributed by atoms with Crippen LogP contribution in [0.15, 0.2) is 48.5 Å². The number of aromatic hydroxyl groups is 1. The number of benzene rings is 2. The third-order valence-corrected chi connectivity index (χ3v) is 3.12. The van der Waals surface area contributed by atoms with Crippen LogP contribution in [0.2, 0.25) is 0 Å². The molecule has 0 atom stereocenters. The van der Waals surface area contributed by atoms with Crippen molar-refractivity contribution in [1.29, 1.82) is 0 Å². The number of ether oxygens (including phenoxy) is 2. The Morgan fingerprint density at radius 2 is 1.73 bits per heavy atom. The minimum atomic E-state index is -0.495. The lowest BCUT2D eigenvalue weighted by Gasteiger charge is -2.09. The van der Waals surface area contributed by atoms with Crippen LogP contribution >= 0.6 is 0 Å². The van der Waals surface area contributed by atoms with E-state index in [-0.39, 0.29) is 17.1 Å². The largest absolute Gasteiger partial charge is 0.507 e. The van der Waals surface area contributed by atoms with Crippen molar-refractivity contribution >= 4 is 11.5 Å². The molecule has 0 aliphatic carbocycles. The van der Waals surface area contributed by atoms with Crippen molar-refractivity contribution in [2.24, 2.45) is 0 Å². The van der Waals surface area contributed by atoms with Crippen LogP contribution in [0.1, 0.15) is 15.9 Å². The van der Waals surface area contributed by atoms with Crippen LogP contribution in [0.5, 0.6) is 17.2 Å². The number of para-hydroxylation sites is 1. The number of ketones is 1. The van der Waals surface area contributed by atoms with Gasteiger partial charge in [-0.1, -0.05) is 12.1 Å². The number of rotatable bonds is 5. The summed E-state index contributed by atoms with van der Waals surface area (Å²) in [4.78, 5) is 12.1. The summed E-state index contributed by atoms with van der Waals surface area (Å²) in [6.45, 7) is 0. The second-order valence-corrected chi connectivity index (χ2v) is 4.48. The van der Waals surface area contributed by atoms with E-state index in [1.807, 2.05) is 0 Å². The minimum Gasteiger partial charge on any atom is -0.507 e. The van der Waals surface area contributed by atoms with Gasteiger partial charge < -0.3 is 19.7 Å². The number of aliphatic hydroxyl groups is 1. The second kappa shape index (κ2) is 6.67. The number of aliphatic hydroxyl groups excluding tert-OH is 1. The summed E-state index contributed by atoms with van der Waals surface area (Å²) in [5, 5.41) is 19.7. The number of allylic oxidation sites excluding steroid dienone is 1. The number of hydrogen-bond acceptors (Lipinski definition) is 5. The molecule has 2 aromatic carbocycles. The molecule has 0 aliphatic heterocycles. The molecule has 22 heavy (non-hydrogen) atoms. The highest BCUT2D eigenvalue weighted by molar-refractivity contribution is 6.09. The van der Waals surface area contributed by atoms with Gasteiger partial charge in [-0.05, 0) is 30.3 Å². The summed E-state index contributed by atoms with van der Waals surface area (Å²) < 4.78 is 10.3. The summed E-state index contributed by atoms with van der Waals surface area (Å²) >= 11 is 0. The standard InChI is InChI=1S/C17H16O5/c1-21-16-8-7-11(9-17(16)22-2)14(19)10-15(20)12-5-3-4-6-13(12)18/h3-10,18-19H,1-2H3/b14-10-. The maximum atomic E-state index is 12.1. The highest BCUT2D eigenvalue weighted by Gasteiger charge is 2.12. The van der Waals surface area contributed by atoms with Crippen LogP contribution in [0.25, 0.3) is 5.76 Å². The van der Waals surface area contributed by atoms with Crippen LogP contribution in [0.4, 0.5) is 0 Å². The fourth-order valence-corrected chi connectivity index (χ4v) is 1.96. The molecule has 5 nitrogen and oxygen atoms in total. The molecule has 114 valence electrons. The minimum absolute atomic E-state index is 0.120. The zero-order valence-corrected chi connectivity index (χ0v) is 12.2. The number of carbonyl (C=O) groups excluding carboxylic acids is 1. The van der Waals surface area contributed by atoms with Gasteiger partial charge in [0.1, 0.15) is 11.5 Å². The van der Waals surface area contributed by atoms with Gasteiger partial charge in [-0.25, -0.2) is 0 Å². The van der Waals surface area contributed by atoms with E-state index < -0.39 is 5.78 Å². The Bertz CT molecular complexity index is 719. The van der Waals surface area contributed by atoms with E-state index in [2.05, 4.69) is 0 Å². The number of phenols is 1. The molecule has 5 heteroatoms. The molecule has 0 heterocycles. The lowest BCUT2D eigenvalue weighted by Crippen LogP contribution is -1.98. The molecule has 0 amide bonds. The first-order valence-electron chi connectivity index (χ1n) is 6.52. The predicted octanol–water partition coefficient (Wildman–Crippen LogP) is 3.19. The van der Waals surface area contributed by atoms with Crippen molar-refractivity contribution < 1.29 is 24.5 Å². The van der Waals surface area contributed by atoms with Gasteiger partial charge in [-0.15, -0.1) is 0 Å². The second-order valence-electron chi connectivity index (χ2n) is 4.48. The van der Waals surface area contributed by atoms with E-state index in [9.17, 15) is 15.0 Å². The molecule has 0 bridgehead atoms. The molecule has 2 aromatic rings. The van der Waals surface area contributed by atoms with Crippen LogP contribution in [0, 0.1) is 0 Å². The molecule has 0 radical (unpaired) electrons. The maximum Gasteiger partial charge on any atom is 0.193 e. The van der Waals surface area contributed by atoms with Gasteiger partial charge in [0.2, 0.25) is 0 Å². The third kappa shape index (κ3) is 3.20. The Morgan fingerprint density at radius 3 is 2.36 bits per heavy atom. The van der Waals surface area contributed by atoms with Gasteiger partial charge in [0.25, 0.3) is 0 Å². The number of phenolic OH excluding ortho intramolecular Hbond substituents is 1. The first-order chi connectivity index (χ1) is 10.6. The molecule has 0 aliphatic rings. The quantitative estimate of drug-likeness (QED) is 0.504. The Labute approximate surface area is 128 Å². The SMILES string of the molecule is COc1ccc(/C(O)=C/C(=O)c2ccccc2O)cc1OC. The van der Waals surface area contributed by atoms with Crippen LogP contribution in [0.3, 0.4) is 0 Å². The Morgan fingerprint density at radius 1 is 1.05 bits per heavy atom. The summed E-state index contributed by atoms with van der Waals surface area (Å²) in [5.41, 5.74) is 0.524. The first-order valence-corrected chi connectivity index (χ1v) is 6.52. The van der Waals surface area contributed by atoms with E-state index in [1.54, 1.807) is 30.3 Å².